The molecule has 0 radical (unpaired) electrons. The van der Waals surface area contributed by atoms with Gasteiger partial charge < -0.3 is 9.64 Å². The van der Waals surface area contributed by atoms with Gasteiger partial charge in [0, 0.05) is 31.6 Å². The molecular formula is C25H25N3O4. The first-order valence-electron chi connectivity index (χ1n) is 11.3. The molecule has 1 aromatic heterocycles. The number of ether oxygens (including phenoxy) is 1. The van der Waals surface area contributed by atoms with Crippen molar-refractivity contribution in [2.24, 2.45) is 0 Å². The SMILES string of the molecule is O=C(Oc1ccc(N2CCCC2=O)cc1)c1ccc2c(=O)n3c(nc2c1)CCCCCC3. The van der Waals surface area contributed by atoms with Crippen molar-refractivity contribution in [3.8, 4) is 5.75 Å². The van der Waals surface area contributed by atoms with E-state index in [9.17, 15) is 14.4 Å². The summed E-state index contributed by atoms with van der Waals surface area (Å²) in [7, 11) is 0. The number of carbonyl (C=O) groups excluding carboxylic acids is 2. The quantitative estimate of drug-likeness (QED) is 0.465. The topological polar surface area (TPSA) is 81.5 Å². The largest absolute Gasteiger partial charge is 0.423 e. The summed E-state index contributed by atoms with van der Waals surface area (Å²) in [5.74, 6) is 0.796. The summed E-state index contributed by atoms with van der Waals surface area (Å²) < 4.78 is 7.30. The van der Waals surface area contributed by atoms with Crippen LogP contribution < -0.4 is 15.2 Å². The van der Waals surface area contributed by atoms with Gasteiger partial charge in [0.1, 0.15) is 11.6 Å². The smallest absolute Gasteiger partial charge is 0.343 e. The molecule has 0 spiro atoms. The van der Waals surface area contributed by atoms with Crippen LogP contribution in [-0.4, -0.2) is 28.0 Å². The zero-order chi connectivity index (χ0) is 22.1. The monoisotopic (exact) mass is 431 g/mol. The number of carbonyl (C=O) groups is 2. The van der Waals surface area contributed by atoms with Gasteiger partial charge in [0.05, 0.1) is 16.5 Å². The van der Waals surface area contributed by atoms with E-state index in [1.807, 2.05) is 0 Å². The molecule has 0 unspecified atom stereocenters. The predicted molar refractivity (Wildman–Crippen MR) is 121 cm³/mol. The summed E-state index contributed by atoms with van der Waals surface area (Å²) in [5.41, 5.74) is 1.64. The average molecular weight is 431 g/mol. The van der Waals surface area contributed by atoms with Crippen LogP contribution in [0.2, 0.25) is 0 Å². The van der Waals surface area contributed by atoms with E-state index in [1.165, 1.54) is 0 Å². The Balaban J connectivity index is 1.38. The Morgan fingerprint density at radius 3 is 2.47 bits per heavy atom. The number of hydrogen-bond donors (Lipinski definition) is 0. The molecule has 164 valence electrons. The Morgan fingerprint density at radius 1 is 0.875 bits per heavy atom. The third-order valence-electron chi connectivity index (χ3n) is 6.23. The number of rotatable bonds is 3. The van der Waals surface area contributed by atoms with Crippen molar-refractivity contribution in [2.45, 2.75) is 51.5 Å². The van der Waals surface area contributed by atoms with E-state index < -0.39 is 5.97 Å². The van der Waals surface area contributed by atoms with E-state index in [4.69, 9.17) is 9.72 Å². The fourth-order valence-electron chi connectivity index (χ4n) is 4.50. The highest BCUT2D eigenvalue weighted by Gasteiger charge is 2.22. The van der Waals surface area contributed by atoms with Gasteiger partial charge in [-0.05, 0) is 61.7 Å². The molecule has 3 heterocycles. The van der Waals surface area contributed by atoms with E-state index in [-0.39, 0.29) is 11.5 Å². The second-order valence-corrected chi connectivity index (χ2v) is 8.41. The number of hydrogen-bond acceptors (Lipinski definition) is 5. The number of aromatic nitrogens is 2. The van der Waals surface area contributed by atoms with Crippen molar-refractivity contribution in [2.75, 3.05) is 11.4 Å². The van der Waals surface area contributed by atoms with Gasteiger partial charge >= 0.3 is 5.97 Å². The molecule has 1 fully saturated rings. The average Bonchev–Trinajstić information content (AvgIpc) is 3.21. The van der Waals surface area contributed by atoms with Crippen molar-refractivity contribution in [3.63, 3.8) is 0 Å². The maximum atomic E-state index is 13.0. The number of nitrogens with zero attached hydrogens (tertiary/aromatic N) is 3. The summed E-state index contributed by atoms with van der Waals surface area (Å²) >= 11 is 0. The zero-order valence-corrected chi connectivity index (χ0v) is 17.9. The Labute approximate surface area is 185 Å². The third-order valence-corrected chi connectivity index (χ3v) is 6.23. The van der Waals surface area contributed by atoms with Crippen LogP contribution in [0.25, 0.3) is 10.9 Å². The lowest BCUT2D eigenvalue weighted by molar-refractivity contribution is -0.117. The molecule has 0 aliphatic carbocycles. The summed E-state index contributed by atoms with van der Waals surface area (Å²) in [6, 6.07) is 11.9. The fourth-order valence-corrected chi connectivity index (χ4v) is 4.50. The van der Waals surface area contributed by atoms with Gasteiger partial charge in [-0.25, -0.2) is 9.78 Å². The lowest BCUT2D eigenvalue weighted by Gasteiger charge is -2.16. The van der Waals surface area contributed by atoms with E-state index in [0.29, 0.717) is 41.7 Å². The van der Waals surface area contributed by atoms with Gasteiger partial charge in [-0.3, -0.25) is 14.2 Å². The third kappa shape index (κ3) is 3.90. The molecule has 32 heavy (non-hydrogen) atoms. The van der Waals surface area contributed by atoms with Gasteiger partial charge in [0.25, 0.3) is 5.56 Å². The van der Waals surface area contributed by atoms with Crippen molar-refractivity contribution >= 4 is 28.5 Å². The van der Waals surface area contributed by atoms with E-state index in [1.54, 1.807) is 51.9 Å². The van der Waals surface area contributed by atoms with Crippen molar-refractivity contribution in [1.29, 1.82) is 0 Å². The van der Waals surface area contributed by atoms with E-state index >= 15 is 0 Å². The van der Waals surface area contributed by atoms with Gasteiger partial charge in [-0.15, -0.1) is 0 Å². The minimum Gasteiger partial charge on any atom is -0.423 e. The van der Waals surface area contributed by atoms with Crippen LogP contribution in [-0.2, 0) is 17.8 Å². The minimum atomic E-state index is -0.509. The molecule has 3 aromatic rings. The number of aryl methyl sites for hydroxylation is 1. The van der Waals surface area contributed by atoms with Crippen LogP contribution >= 0.6 is 0 Å². The molecule has 1 amide bonds. The van der Waals surface area contributed by atoms with Crippen molar-refractivity contribution < 1.29 is 14.3 Å². The molecule has 7 nitrogen and oxygen atoms in total. The molecule has 1 saturated heterocycles. The number of anilines is 1. The first-order valence-corrected chi connectivity index (χ1v) is 11.3. The minimum absolute atomic E-state index is 0.0427. The molecule has 0 N–H and O–H groups in total. The van der Waals surface area contributed by atoms with Crippen LogP contribution in [0.15, 0.2) is 47.3 Å². The van der Waals surface area contributed by atoms with Gasteiger partial charge in [0.15, 0.2) is 0 Å². The number of fused-ring (bicyclic) bond motifs is 2. The van der Waals surface area contributed by atoms with Crippen molar-refractivity contribution in [3.05, 3.63) is 64.2 Å². The molecule has 7 heteroatoms. The second kappa shape index (κ2) is 8.57. The van der Waals surface area contributed by atoms with Crippen molar-refractivity contribution in [1.82, 2.24) is 9.55 Å². The molecule has 5 rings (SSSR count). The van der Waals surface area contributed by atoms with Gasteiger partial charge in [-0.2, -0.15) is 0 Å². The zero-order valence-electron chi connectivity index (χ0n) is 17.9. The summed E-state index contributed by atoms with van der Waals surface area (Å²) in [5, 5.41) is 0.519. The maximum Gasteiger partial charge on any atom is 0.343 e. The highest BCUT2D eigenvalue weighted by Crippen LogP contribution is 2.25. The van der Waals surface area contributed by atoms with Gasteiger partial charge in [-0.1, -0.05) is 12.8 Å². The molecule has 2 aromatic carbocycles. The Hall–Kier alpha value is -3.48. The Kier molecular flexibility index (Phi) is 5.47. The first kappa shape index (κ1) is 20.4. The van der Waals surface area contributed by atoms with Crippen LogP contribution in [0.1, 0.15) is 54.7 Å². The van der Waals surface area contributed by atoms with Crippen LogP contribution in [0.4, 0.5) is 5.69 Å². The van der Waals surface area contributed by atoms with Crippen LogP contribution in [0.5, 0.6) is 5.75 Å². The highest BCUT2D eigenvalue weighted by atomic mass is 16.5. The number of benzene rings is 2. The fraction of sp³-hybridized carbons (Fsp3) is 0.360. The van der Waals surface area contributed by atoms with Gasteiger partial charge in [0.2, 0.25) is 5.91 Å². The number of amides is 1. The van der Waals surface area contributed by atoms with E-state index in [0.717, 1.165) is 50.0 Å². The lowest BCUT2D eigenvalue weighted by atomic mass is 10.1. The highest BCUT2D eigenvalue weighted by molar-refractivity contribution is 5.96. The summed E-state index contributed by atoms with van der Waals surface area (Å²) in [6.07, 6.45) is 6.46. The molecular weight excluding hydrogens is 406 g/mol. The predicted octanol–water partition coefficient (Wildman–Crippen LogP) is 3.86. The molecule has 2 aliphatic heterocycles. The maximum absolute atomic E-state index is 13.0. The molecule has 0 bridgehead atoms. The van der Waals surface area contributed by atoms with Crippen LogP contribution in [0, 0.1) is 0 Å². The lowest BCUT2D eigenvalue weighted by Crippen LogP contribution is -2.26. The standard InChI is InChI=1S/C25H25N3O4/c29-23-7-5-15-27(23)18-9-11-19(12-10-18)32-25(31)17-8-13-20-21(16-17)26-22-6-3-1-2-4-14-28(22)24(20)30/h8-13,16H,1-7,14-15H2. The Morgan fingerprint density at radius 2 is 1.69 bits per heavy atom. The molecule has 0 saturated carbocycles. The second-order valence-electron chi connectivity index (χ2n) is 8.41. The summed E-state index contributed by atoms with van der Waals surface area (Å²) in [6.45, 7) is 1.41. The number of esters is 1. The van der Waals surface area contributed by atoms with E-state index in [2.05, 4.69) is 0 Å². The normalized spacial score (nSPS) is 16.5. The molecule has 2 aliphatic rings. The summed E-state index contributed by atoms with van der Waals surface area (Å²) in [4.78, 5) is 44.0. The Bertz CT molecular complexity index is 1250. The molecule has 0 atom stereocenters. The van der Waals surface area contributed by atoms with Crippen LogP contribution in [0.3, 0.4) is 0 Å². The first-order chi connectivity index (χ1) is 15.6.